The van der Waals surface area contributed by atoms with Crippen LogP contribution in [0.2, 0.25) is 0 Å². The highest BCUT2D eigenvalue weighted by Gasteiger charge is 2.31. The van der Waals surface area contributed by atoms with Crippen molar-refractivity contribution in [2.24, 2.45) is 0 Å². The number of aromatic amines is 1. The number of aromatic nitrogens is 5. The van der Waals surface area contributed by atoms with Gasteiger partial charge in [0.1, 0.15) is 18.1 Å². The Balaban J connectivity index is 1.37. The number of thioether (sulfide) groups is 1. The smallest absolute Gasteiger partial charge is 0.406 e. The topological polar surface area (TPSA) is 109 Å². The Labute approximate surface area is 290 Å². The number of nitrogens with zero attached hydrogens (tertiary/aromatic N) is 6. The standard InChI is InChI=1S/C35H35F4N7O3S/c1-23(27-17-41-42-18-27)31-20-46(34(43-33(31)48)50-22-24-4-9-28(36)10-5-24)21-32(47)45(15-14-44(2)3)19-29-11-6-26(16-40-29)25-7-12-30(13-8-25)49-35(37,38)39/h4-13,16-18,20,23H,14-15,19,21-22H2,1-3H3,(H,41,42). The SMILES string of the molecule is CC(c1cn[nH]c1)c1cn(CC(=O)N(CCN(C)C)Cc2ccc(-c3ccc(OC(F)(F)F)cc3)cn2)c(SCc2ccc(F)cc2)nc1=O. The molecule has 5 rings (SSSR count). The molecular formula is C35H35F4N7O3S. The van der Waals surface area contributed by atoms with Gasteiger partial charge in [0.2, 0.25) is 5.91 Å². The maximum atomic E-state index is 14.0. The fourth-order valence-corrected chi connectivity index (χ4v) is 5.94. The lowest BCUT2D eigenvalue weighted by Gasteiger charge is -2.25. The zero-order valence-corrected chi connectivity index (χ0v) is 28.3. The molecule has 0 fully saturated rings. The van der Waals surface area contributed by atoms with Gasteiger partial charge in [0.05, 0.1) is 18.4 Å². The molecule has 0 radical (unpaired) electrons. The van der Waals surface area contributed by atoms with Crippen molar-refractivity contribution in [1.82, 2.24) is 34.5 Å². The number of alkyl halides is 3. The van der Waals surface area contributed by atoms with Crippen LogP contribution in [0.3, 0.4) is 0 Å². The van der Waals surface area contributed by atoms with Crippen LogP contribution < -0.4 is 10.3 Å². The summed E-state index contributed by atoms with van der Waals surface area (Å²) in [4.78, 5) is 39.8. The van der Waals surface area contributed by atoms with E-state index in [-0.39, 0.29) is 36.5 Å². The summed E-state index contributed by atoms with van der Waals surface area (Å²) in [5, 5.41) is 7.10. The number of hydrogen-bond donors (Lipinski definition) is 1. The molecule has 2 aromatic carbocycles. The molecule has 10 nitrogen and oxygen atoms in total. The predicted molar refractivity (Wildman–Crippen MR) is 181 cm³/mol. The van der Waals surface area contributed by atoms with Crippen LogP contribution in [0.15, 0.2) is 95.4 Å². The van der Waals surface area contributed by atoms with E-state index < -0.39 is 11.9 Å². The van der Waals surface area contributed by atoms with Crippen LogP contribution in [-0.2, 0) is 23.6 Å². The number of amides is 1. The van der Waals surface area contributed by atoms with E-state index in [0.29, 0.717) is 46.4 Å². The molecule has 0 aliphatic rings. The van der Waals surface area contributed by atoms with Crippen LogP contribution in [0.1, 0.15) is 35.2 Å². The maximum absolute atomic E-state index is 14.0. The van der Waals surface area contributed by atoms with Crippen LogP contribution in [0.5, 0.6) is 5.75 Å². The fourth-order valence-electron chi connectivity index (χ4n) is 5.02. The number of benzene rings is 2. The van der Waals surface area contributed by atoms with Crippen LogP contribution in [0.25, 0.3) is 11.1 Å². The molecule has 0 saturated heterocycles. The minimum atomic E-state index is -4.78. The third-order valence-corrected chi connectivity index (χ3v) is 8.89. The van der Waals surface area contributed by atoms with Crippen molar-refractivity contribution >= 4 is 17.7 Å². The van der Waals surface area contributed by atoms with Gasteiger partial charge in [-0.3, -0.25) is 19.7 Å². The number of rotatable bonds is 14. The third kappa shape index (κ3) is 10.0. The molecule has 0 saturated carbocycles. The average Bonchev–Trinajstić information content (AvgIpc) is 3.62. The molecule has 262 valence electrons. The molecule has 1 N–H and O–H groups in total. The summed E-state index contributed by atoms with van der Waals surface area (Å²) >= 11 is 1.27. The van der Waals surface area contributed by atoms with E-state index in [1.165, 1.54) is 48.2 Å². The summed E-state index contributed by atoms with van der Waals surface area (Å²) in [6.07, 6.45) is 1.83. The summed E-state index contributed by atoms with van der Waals surface area (Å²) < 4.78 is 56.8. The first-order valence-corrected chi connectivity index (χ1v) is 16.5. The quantitative estimate of drug-likeness (QED) is 0.0838. The largest absolute Gasteiger partial charge is 0.573 e. The third-order valence-electron chi connectivity index (χ3n) is 7.83. The molecule has 1 atom stereocenters. The minimum Gasteiger partial charge on any atom is -0.406 e. The van der Waals surface area contributed by atoms with Crippen molar-refractivity contribution < 1.29 is 27.1 Å². The molecule has 3 heterocycles. The van der Waals surface area contributed by atoms with Gasteiger partial charge in [-0.1, -0.05) is 49.0 Å². The lowest BCUT2D eigenvalue weighted by molar-refractivity contribution is -0.274. The Hall–Kier alpha value is -5.02. The van der Waals surface area contributed by atoms with Crippen molar-refractivity contribution in [2.75, 3.05) is 27.2 Å². The number of H-pyrrole nitrogens is 1. The lowest BCUT2D eigenvalue weighted by Crippen LogP contribution is -2.39. The molecule has 50 heavy (non-hydrogen) atoms. The van der Waals surface area contributed by atoms with E-state index in [9.17, 15) is 27.2 Å². The summed E-state index contributed by atoms with van der Waals surface area (Å²) in [7, 11) is 3.81. The zero-order valence-electron chi connectivity index (χ0n) is 27.5. The van der Waals surface area contributed by atoms with Gasteiger partial charge < -0.3 is 19.1 Å². The van der Waals surface area contributed by atoms with Gasteiger partial charge in [0.15, 0.2) is 5.16 Å². The minimum absolute atomic E-state index is 0.109. The van der Waals surface area contributed by atoms with Gasteiger partial charge in [0.25, 0.3) is 5.56 Å². The number of halogens is 4. The van der Waals surface area contributed by atoms with Crippen molar-refractivity contribution in [2.45, 2.75) is 43.2 Å². The summed E-state index contributed by atoms with van der Waals surface area (Å²) in [6.45, 7) is 2.91. The van der Waals surface area contributed by atoms with Gasteiger partial charge in [-0.25, -0.2) is 4.39 Å². The second-order valence-electron chi connectivity index (χ2n) is 11.8. The number of ether oxygens (including phenoxy) is 1. The highest BCUT2D eigenvalue weighted by molar-refractivity contribution is 7.98. The summed E-state index contributed by atoms with van der Waals surface area (Å²) in [5.41, 5.74) is 3.54. The number of pyridine rings is 1. The zero-order chi connectivity index (χ0) is 35.8. The Morgan fingerprint density at radius 3 is 2.34 bits per heavy atom. The van der Waals surface area contributed by atoms with E-state index in [0.717, 1.165) is 11.1 Å². The highest BCUT2D eigenvalue weighted by atomic mass is 32.2. The van der Waals surface area contributed by atoms with Crippen LogP contribution >= 0.6 is 11.8 Å². The summed E-state index contributed by atoms with van der Waals surface area (Å²) in [5.74, 6) is -0.844. The second-order valence-corrected chi connectivity index (χ2v) is 12.8. The van der Waals surface area contributed by atoms with Crippen molar-refractivity contribution in [3.63, 3.8) is 0 Å². The predicted octanol–water partition coefficient (Wildman–Crippen LogP) is 6.10. The van der Waals surface area contributed by atoms with E-state index in [4.69, 9.17) is 0 Å². The monoisotopic (exact) mass is 709 g/mol. The first-order chi connectivity index (χ1) is 23.8. The number of carbonyl (C=O) groups is 1. The maximum Gasteiger partial charge on any atom is 0.573 e. The molecule has 0 aliphatic carbocycles. The molecule has 0 spiro atoms. The van der Waals surface area contributed by atoms with Gasteiger partial charge in [-0.05, 0) is 61.1 Å². The molecular weight excluding hydrogens is 674 g/mol. The van der Waals surface area contributed by atoms with E-state index in [1.54, 1.807) is 58.5 Å². The molecule has 5 aromatic rings. The van der Waals surface area contributed by atoms with E-state index >= 15 is 0 Å². The average molecular weight is 710 g/mol. The molecule has 0 aliphatic heterocycles. The molecule has 1 amide bonds. The number of hydrogen-bond acceptors (Lipinski definition) is 8. The lowest BCUT2D eigenvalue weighted by atomic mass is 9.98. The number of nitrogens with one attached hydrogen (secondary N) is 1. The number of likely N-dealkylation sites (N-methyl/N-ethyl adjacent to an activating group) is 1. The van der Waals surface area contributed by atoms with Gasteiger partial charge in [-0.2, -0.15) is 10.1 Å². The summed E-state index contributed by atoms with van der Waals surface area (Å²) in [6, 6.07) is 15.1. The van der Waals surface area contributed by atoms with Gasteiger partial charge in [0, 0.05) is 54.5 Å². The second kappa shape index (κ2) is 16.1. The highest BCUT2D eigenvalue weighted by Crippen LogP contribution is 2.27. The van der Waals surface area contributed by atoms with Gasteiger partial charge >= 0.3 is 6.36 Å². The van der Waals surface area contributed by atoms with Crippen molar-refractivity contribution in [3.05, 3.63) is 124 Å². The van der Waals surface area contributed by atoms with E-state index in [2.05, 4.69) is 24.9 Å². The molecule has 15 heteroatoms. The first kappa shape index (κ1) is 36.3. The molecule has 3 aromatic heterocycles. The molecule has 0 bridgehead atoms. The van der Waals surface area contributed by atoms with Crippen LogP contribution in [0, 0.1) is 5.82 Å². The van der Waals surface area contributed by atoms with Crippen molar-refractivity contribution in [1.29, 1.82) is 0 Å². The Kier molecular flexibility index (Phi) is 11.7. The fraction of sp³-hybridized carbons (Fsp3) is 0.286. The van der Waals surface area contributed by atoms with Crippen LogP contribution in [0.4, 0.5) is 17.6 Å². The van der Waals surface area contributed by atoms with Gasteiger partial charge in [-0.15, -0.1) is 13.2 Å². The Bertz CT molecular complexity index is 1920. The van der Waals surface area contributed by atoms with Crippen LogP contribution in [-0.4, -0.2) is 74.0 Å². The van der Waals surface area contributed by atoms with Crippen molar-refractivity contribution in [3.8, 4) is 16.9 Å². The first-order valence-electron chi connectivity index (χ1n) is 15.6. The normalized spacial score (nSPS) is 12.2. The number of carbonyl (C=O) groups excluding carboxylic acids is 1. The molecule has 1 unspecified atom stereocenters. The van der Waals surface area contributed by atoms with E-state index in [1.807, 2.05) is 25.9 Å². The Morgan fingerprint density at radius 1 is 1.00 bits per heavy atom. The Morgan fingerprint density at radius 2 is 1.72 bits per heavy atom.